The van der Waals surface area contributed by atoms with Gasteiger partial charge in [-0.3, -0.25) is 4.40 Å². The first-order chi connectivity index (χ1) is 15.2. The Labute approximate surface area is 197 Å². The summed E-state index contributed by atoms with van der Waals surface area (Å²) in [6.07, 6.45) is 3.44. The highest BCUT2D eigenvalue weighted by molar-refractivity contribution is 6.36. The molecule has 2 aromatic heterocycles. The number of aromatic nitrogens is 2. The lowest BCUT2D eigenvalue weighted by Gasteiger charge is -2.28. The van der Waals surface area contributed by atoms with Gasteiger partial charge < -0.3 is 20.3 Å². The van der Waals surface area contributed by atoms with Gasteiger partial charge in [0.2, 0.25) is 0 Å². The maximum atomic E-state index is 12.3. The number of carbonyl (C=O) groups excluding carboxylic acids is 1. The standard InChI is InChI=1S/C23H27Cl2N5O2/c1-23(2,3)32-22(31)28-12-15-10-20-27-13-21(29-8-6-26-7-9-29)30(20)14-18(15)17-5-4-16(24)11-19(17)25/h4-5,10-11,13-14,26H,6-9,12H2,1-3H3,(H,28,31). The van der Waals surface area contributed by atoms with E-state index in [1.807, 2.05) is 51.4 Å². The van der Waals surface area contributed by atoms with E-state index in [4.69, 9.17) is 27.9 Å². The molecule has 1 aromatic carbocycles. The summed E-state index contributed by atoms with van der Waals surface area (Å²) in [5, 5.41) is 7.33. The van der Waals surface area contributed by atoms with E-state index in [-0.39, 0.29) is 6.54 Å². The van der Waals surface area contributed by atoms with Crippen LogP contribution in [0, 0.1) is 0 Å². The Morgan fingerprint density at radius 3 is 2.62 bits per heavy atom. The minimum absolute atomic E-state index is 0.273. The Morgan fingerprint density at radius 2 is 1.94 bits per heavy atom. The molecule has 1 saturated heterocycles. The maximum Gasteiger partial charge on any atom is 0.407 e. The fourth-order valence-corrected chi connectivity index (χ4v) is 4.27. The van der Waals surface area contributed by atoms with Crippen molar-refractivity contribution >= 4 is 40.8 Å². The van der Waals surface area contributed by atoms with Gasteiger partial charge in [0.15, 0.2) is 0 Å². The molecule has 9 heteroatoms. The number of hydrogen-bond donors (Lipinski definition) is 2. The molecule has 3 heterocycles. The van der Waals surface area contributed by atoms with Crippen molar-refractivity contribution < 1.29 is 9.53 Å². The highest BCUT2D eigenvalue weighted by Gasteiger charge is 2.20. The largest absolute Gasteiger partial charge is 0.444 e. The summed E-state index contributed by atoms with van der Waals surface area (Å²) in [5.74, 6) is 1.03. The van der Waals surface area contributed by atoms with Gasteiger partial charge in [0, 0.05) is 60.1 Å². The number of ether oxygens (including phenoxy) is 1. The highest BCUT2D eigenvalue weighted by atomic mass is 35.5. The van der Waals surface area contributed by atoms with Crippen molar-refractivity contribution in [2.24, 2.45) is 0 Å². The molecule has 2 N–H and O–H groups in total. The summed E-state index contributed by atoms with van der Waals surface area (Å²) in [5.41, 5.74) is 2.83. The number of amides is 1. The van der Waals surface area contributed by atoms with Crippen molar-refractivity contribution in [3.8, 4) is 11.1 Å². The molecule has 0 atom stereocenters. The summed E-state index contributed by atoms with van der Waals surface area (Å²) in [6, 6.07) is 7.40. The number of hydrogen-bond acceptors (Lipinski definition) is 5. The maximum absolute atomic E-state index is 12.3. The number of benzene rings is 1. The second kappa shape index (κ2) is 9.17. The van der Waals surface area contributed by atoms with Crippen LogP contribution >= 0.6 is 23.2 Å². The molecule has 3 aromatic rings. The number of pyridine rings is 1. The molecule has 0 bridgehead atoms. The van der Waals surface area contributed by atoms with Gasteiger partial charge in [0.25, 0.3) is 0 Å². The molecule has 1 aliphatic rings. The predicted molar refractivity (Wildman–Crippen MR) is 129 cm³/mol. The number of carbonyl (C=O) groups is 1. The third-order valence-corrected chi connectivity index (χ3v) is 5.75. The van der Waals surface area contributed by atoms with Gasteiger partial charge in [-0.05, 0) is 44.5 Å². The summed E-state index contributed by atoms with van der Waals surface area (Å²) in [7, 11) is 0. The van der Waals surface area contributed by atoms with E-state index in [0.29, 0.717) is 10.0 Å². The molecule has 0 unspecified atom stereocenters. The van der Waals surface area contributed by atoms with Crippen molar-refractivity contribution in [2.45, 2.75) is 32.9 Å². The van der Waals surface area contributed by atoms with Crippen LogP contribution in [-0.2, 0) is 11.3 Å². The predicted octanol–water partition coefficient (Wildman–Crippen LogP) is 4.74. The molecule has 170 valence electrons. The van der Waals surface area contributed by atoms with Crippen molar-refractivity contribution in [3.05, 3.63) is 52.3 Å². The Hall–Kier alpha value is -2.48. The fourth-order valence-electron chi connectivity index (χ4n) is 3.76. The van der Waals surface area contributed by atoms with Gasteiger partial charge in [-0.2, -0.15) is 0 Å². The van der Waals surface area contributed by atoms with Crippen molar-refractivity contribution in [3.63, 3.8) is 0 Å². The summed E-state index contributed by atoms with van der Waals surface area (Å²) < 4.78 is 7.46. The molecule has 1 amide bonds. The van der Waals surface area contributed by atoms with E-state index < -0.39 is 11.7 Å². The van der Waals surface area contributed by atoms with Crippen LogP contribution < -0.4 is 15.5 Å². The van der Waals surface area contributed by atoms with E-state index in [0.717, 1.165) is 54.3 Å². The van der Waals surface area contributed by atoms with Crippen LogP contribution in [0.4, 0.5) is 10.6 Å². The smallest absolute Gasteiger partial charge is 0.407 e. The fraction of sp³-hybridized carbons (Fsp3) is 0.391. The van der Waals surface area contributed by atoms with E-state index in [1.54, 1.807) is 6.07 Å². The number of alkyl carbamates (subject to hydrolysis) is 1. The minimum Gasteiger partial charge on any atom is -0.444 e. The lowest BCUT2D eigenvalue weighted by atomic mass is 10.0. The first kappa shape index (κ1) is 22.7. The molecular weight excluding hydrogens is 449 g/mol. The number of piperazine rings is 1. The van der Waals surface area contributed by atoms with Gasteiger partial charge in [0.05, 0.1) is 6.20 Å². The average Bonchev–Trinajstić information content (AvgIpc) is 3.14. The van der Waals surface area contributed by atoms with Gasteiger partial charge in [-0.15, -0.1) is 0 Å². The number of halogens is 2. The molecule has 0 spiro atoms. The molecule has 0 saturated carbocycles. The van der Waals surface area contributed by atoms with Gasteiger partial charge in [-0.1, -0.05) is 29.3 Å². The normalized spacial score (nSPS) is 14.6. The Bertz CT molecular complexity index is 1130. The van der Waals surface area contributed by atoms with Crippen LogP contribution in [0.25, 0.3) is 16.8 Å². The number of imidazole rings is 1. The molecule has 0 aliphatic carbocycles. The minimum atomic E-state index is -0.572. The van der Waals surface area contributed by atoms with Gasteiger partial charge in [-0.25, -0.2) is 9.78 Å². The molecule has 4 rings (SSSR count). The zero-order valence-corrected chi connectivity index (χ0v) is 19.9. The van der Waals surface area contributed by atoms with E-state index >= 15 is 0 Å². The van der Waals surface area contributed by atoms with Crippen LogP contribution in [0.5, 0.6) is 0 Å². The van der Waals surface area contributed by atoms with E-state index in [1.165, 1.54) is 0 Å². The second-order valence-corrected chi connectivity index (χ2v) is 9.62. The topological polar surface area (TPSA) is 70.9 Å². The van der Waals surface area contributed by atoms with Crippen LogP contribution in [0.3, 0.4) is 0 Å². The number of fused-ring (bicyclic) bond motifs is 1. The van der Waals surface area contributed by atoms with Crippen molar-refractivity contribution in [1.29, 1.82) is 0 Å². The molecule has 7 nitrogen and oxygen atoms in total. The molecule has 1 aliphatic heterocycles. The lowest BCUT2D eigenvalue weighted by Crippen LogP contribution is -2.44. The molecule has 1 fully saturated rings. The molecule has 0 radical (unpaired) electrons. The van der Waals surface area contributed by atoms with Crippen LogP contribution in [0.1, 0.15) is 26.3 Å². The zero-order valence-electron chi connectivity index (χ0n) is 18.4. The Balaban J connectivity index is 1.74. The van der Waals surface area contributed by atoms with Crippen molar-refractivity contribution in [2.75, 3.05) is 31.1 Å². The Morgan fingerprint density at radius 1 is 1.19 bits per heavy atom. The van der Waals surface area contributed by atoms with E-state index in [2.05, 4.69) is 24.9 Å². The third-order valence-electron chi connectivity index (χ3n) is 5.20. The van der Waals surface area contributed by atoms with Crippen LogP contribution in [0.2, 0.25) is 10.0 Å². The average molecular weight is 476 g/mol. The van der Waals surface area contributed by atoms with Crippen LogP contribution in [0.15, 0.2) is 36.7 Å². The third kappa shape index (κ3) is 5.11. The monoisotopic (exact) mass is 475 g/mol. The number of rotatable bonds is 4. The summed E-state index contributed by atoms with van der Waals surface area (Å²) >= 11 is 12.7. The van der Waals surface area contributed by atoms with E-state index in [9.17, 15) is 4.79 Å². The number of anilines is 1. The Kier molecular flexibility index (Phi) is 6.51. The van der Waals surface area contributed by atoms with Gasteiger partial charge >= 0.3 is 6.09 Å². The first-order valence-corrected chi connectivity index (χ1v) is 11.3. The number of nitrogens with zero attached hydrogens (tertiary/aromatic N) is 3. The summed E-state index contributed by atoms with van der Waals surface area (Å²) in [4.78, 5) is 19.2. The lowest BCUT2D eigenvalue weighted by molar-refractivity contribution is 0.0523. The zero-order chi connectivity index (χ0) is 22.9. The van der Waals surface area contributed by atoms with Gasteiger partial charge in [0.1, 0.15) is 17.1 Å². The SMILES string of the molecule is CC(C)(C)OC(=O)NCc1cc2ncc(N3CCNCC3)n2cc1-c1ccc(Cl)cc1Cl. The van der Waals surface area contributed by atoms with Crippen molar-refractivity contribution in [1.82, 2.24) is 20.0 Å². The molecule has 32 heavy (non-hydrogen) atoms. The first-order valence-electron chi connectivity index (χ1n) is 10.6. The number of nitrogens with one attached hydrogen (secondary N) is 2. The highest BCUT2D eigenvalue weighted by Crippen LogP contribution is 2.34. The second-order valence-electron chi connectivity index (χ2n) is 8.77. The quantitative estimate of drug-likeness (QED) is 0.569. The molecular formula is C23H27Cl2N5O2. The van der Waals surface area contributed by atoms with Crippen LogP contribution in [-0.4, -0.2) is 47.3 Å². The summed E-state index contributed by atoms with van der Waals surface area (Å²) in [6.45, 7) is 9.45.